The van der Waals surface area contributed by atoms with Gasteiger partial charge in [0, 0.05) is 0 Å². The molecule has 1 aromatic heterocycles. The summed E-state index contributed by atoms with van der Waals surface area (Å²) in [5.41, 5.74) is 5.37. The van der Waals surface area contributed by atoms with Crippen LogP contribution >= 0.6 is 0 Å². The molecule has 0 aliphatic heterocycles. The molecule has 1 heterocycles. The first-order valence-electron chi connectivity index (χ1n) is 6.23. The molecule has 0 N–H and O–H groups in total. The maximum absolute atomic E-state index is 4.47. The summed E-state index contributed by atoms with van der Waals surface area (Å²) in [5.74, 6) is 0. The zero-order valence-corrected chi connectivity index (χ0v) is 11.2. The molecule has 3 aromatic rings. The number of oxazole rings is 1. The van der Waals surface area contributed by atoms with Crippen molar-refractivity contribution in [3.63, 3.8) is 0 Å². The van der Waals surface area contributed by atoms with Crippen molar-refractivity contribution in [2.45, 2.75) is 13.8 Å². The average Bonchev–Trinajstić information content (AvgIpc) is 3.02. The van der Waals surface area contributed by atoms with Crippen molar-refractivity contribution in [3.8, 4) is 11.1 Å². The van der Waals surface area contributed by atoms with Crippen molar-refractivity contribution in [1.82, 2.24) is 4.98 Å². The van der Waals surface area contributed by atoms with Gasteiger partial charge >= 0.3 is 0 Å². The molecule has 0 aliphatic carbocycles. The summed E-state index contributed by atoms with van der Waals surface area (Å²) in [5, 5.41) is 0. The highest BCUT2D eigenvalue weighted by atomic mass is 16.3. The Bertz CT molecular complexity index is 583. The molecule has 0 atom stereocenters. The van der Waals surface area contributed by atoms with E-state index in [4.69, 9.17) is 0 Å². The molecule has 0 radical (unpaired) electrons. The molecule has 19 heavy (non-hydrogen) atoms. The van der Waals surface area contributed by atoms with E-state index in [1.807, 2.05) is 0 Å². The van der Waals surface area contributed by atoms with E-state index < -0.39 is 0 Å². The van der Waals surface area contributed by atoms with Gasteiger partial charge < -0.3 is 4.42 Å². The molecule has 2 aromatic carbocycles. The SMILES string of the molecule is Cc1cccc(-c2ccccc2)c1C.c1cocn1. The van der Waals surface area contributed by atoms with E-state index in [9.17, 15) is 0 Å². The predicted octanol–water partition coefficient (Wildman–Crippen LogP) is 4.65. The van der Waals surface area contributed by atoms with Crippen LogP contribution in [0.2, 0.25) is 0 Å². The minimum atomic E-state index is 1.30. The Balaban J connectivity index is 0.000000224. The molecular formula is C17H17NO. The Morgan fingerprint density at radius 1 is 0.895 bits per heavy atom. The number of aromatic nitrogens is 1. The summed E-state index contributed by atoms with van der Waals surface area (Å²) < 4.78 is 4.47. The highest BCUT2D eigenvalue weighted by Gasteiger charge is 2.01. The van der Waals surface area contributed by atoms with Crippen LogP contribution in [-0.2, 0) is 0 Å². The van der Waals surface area contributed by atoms with Gasteiger partial charge in [-0.25, -0.2) is 4.98 Å². The Hall–Kier alpha value is -2.35. The standard InChI is InChI=1S/C14H14.C3H3NO/c1-11-7-6-10-14(12(11)2)13-8-4-3-5-9-13;1-2-5-3-4-1/h3-10H,1-2H3;1-3H. The molecule has 2 heteroatoms. The van der Waals surface area contributed by atoms with Gasteiger partial charge in [0.05, 0.1) is 6.20 Å². The molecule has 0 fully saturated rings. The van der Waals surface area contributed by atoms with Gasteiger partial charge in [-0.2, -0.15) is 0 Å². The van der Waals surface area contributed by atoms with Crippen molar-refractivity contribution < 1.29 is 4.42 Å². The number of hydrogen-bond acceptors (Lipinski definition) is 2. The topological polar surface area (TPSA) is 26.0 Å². The fourth-order valence-electron chi connectivity index (χ4n) is 1.86. The minimum absolute atomic E-state index is 1.30. The molecule has 2 nitrogen and oxygen atoms in total. The van der Waals surface area contributed by atoms with Crippen LogP contribution in [0.15, 0.2) is 71.8 Å². The van der Waals surface area contributed by atoms with Crippen molar-refractivity contribution in [3.05, 3.63) is 78.5 Å². The van der Waals surface area contributed by atoms with Gasteiger partial charge in [-0.3, -0.25) is 0 Å². The lowest BCUT2D eigenvalue weighted by Gasteiger charge is -2.07. The maximum Gasteiger partial charge on any atom is 0.180 e. The third-order valence-electron chi connectivity index (χ3n) is 3.04. The van der Waals surface area contributed by atoms with Crippen LogP contribution in [0.25, 0.3) is 11.1 Å². The summed E-state index contributed by atoms with van der Waals surface area (Å²) in [6, 6.07) is 17.0. The second-order valence-corrected chi connectivity index (χ2v) is 4.29. The van der Waals surface area contributed by atoms with E-state index in [2.05, 4.69) is 71.8 Å². The number of nitrogens with zero attached hydrogens (tertiary/aromatic N) is 1. The minimum Gasteiger partial charge on any atom is -0.452 e. The summed E-state index contributed by atoms with van der Waals surface area (Å²) >= 11 is 0. The highest BCUT2D eigenvalue weighted by Crippen LogP contribution is 2.24. The molecule has 0 aliphatic rings. The van der Waals surface area contributed by atoms with Crippen molar-refractivity contribution in [2.24, 2.45) is 0 Å². The van der Waals surface area contributed by atoms with Gasteiger partial charge in [-0.1, -0.05) is 48.5 Å². The van der Waals surface area contributed by atoms with Gasteiger partial charge in [0.1, 0.15) is 6.26 Å². The third-order valence-corrected chi connectivity index (χ3v) is 3.04. The smallest absolute Gasteiger partial charge is 0.180 e. The Kier molecular flexibility index (Phi) is 4.51. The third kappa shape index (κ3) is 3.55. The van der Waals surface area contributed by atoms with Crippen LogP contribution in [0.4, 0.5) is 0 Å². The van der Waals surface area contributed by atoms with E-state index in [-0.39, 0.29) is 0 Å². The van der Waals surface area contributed by atoms with E-state index in [1.54, 1.807) is 6.20 Å². The van der Waals surface area contributed by atoms with E-state index in [0.717, 1.165) is 0 Å². The molecule has 0 saturated carbocycles. The zero-order chi connectivity index (χ0) is 13.5. The molecule has 96 valence electrons. The van der Waals surface area contributed by atoms with Crippen LogP contribution in [0.3, 0.4) is 0 Å². The number of rotatable bonds is 1. The Labute approximate surface area is 113 Å². The molecule has 0 amide bonds. The van der Waals surface area contributed by atoms with Crippen molar-refractivity contribution in [2.75, 3.05) is 0 Å². The lowest BCUT2D eigenvalue weighted by molar-refractivity contribution is 0.558. The Morgan fingerprint density at radius 3 is 2.26 bits per heavy atom. The Morgan fingerprint density at radius 2 is 1.68 bits per heavy atom. The summed E-state index contributed by atoms with van der Waals surface area (Å²) in [4.78, 5) is 3.56. The molecular weight excluding hydrogens is 234 g/mol. The maximum atomic E-state index is 4.47. The molecule has 0 unspecified atom stereocenters. The van der Waals surface area contributed by atoms with Gasteiger partial charge in [0.15, 0.2) is 6.39 Å². The van der Waals surface area contributed by atoms with Crippen molar-refractivity contribution in [1.29, 1.82) is 0 Å². The van der Waals surface area contributed by atoms with E-state index >= 15 is 0 Å². The molecule has 3 rings (SSSR count). The summed E-state index contributed by atoms with van der Waals surface area (Å²) in [6.07, 6.45) is 4.47. The summed E-state index contributed by atoms with van der Waals surface area (Å²) in [6.45, 7) is 4.33. The van der Waals surface area contributed by atoms with E-state index in [0.29, 0.717) is 0 Å². The number of benzene rings is 2. The van der Waals surface area contributed by atoms with Gasteiger partial charge in [-0.15, -0.1) is 0 Å². The highest BCUT2D eigenvalue weighted by molar-refractivity contribution is 5.68. The van der Waals surface area contributed by atoms with Crippen LogP contribution in [-0.4, -0.2) is 4.98 Å². The average molecular weight is 251 g/mol. The lowest BCUT2D eigenvalue weighted by atomic mass is 9.97. The van der Waals surface area contributed by atoms with Gasteiger partial charge in [0.2, 0.25) is 0 Å². The van der Waals surface area contributed by atoms with Crippen LogP contribution < -0.4 is 0 Å². The number of hydrogen-bond donors (Lipinski definition) is 0. The fourth-order valence-corrected chi connectivity index (χ4v) is 1.86. The van der Waals surface area contributed by atoms with Crippen molar-refractivity contribution >= 4 is 0 Å². The van der Waals surface area contributed by atoms with E-state index in [1.165, 1.54) is 34.9 Å². The zero-order valence-electron chi connectivity index (χ0n) is 11.2. The second kappa shape index (κ2) is 6.55. The largest absolute Gasteiger partial charge is 0.452 e. The van der Waals surface area contributed by atoms with Crippen LogP contribution in [0.1, 0.15) is 11.1 Å². The first-order chi connectivity index (χ1) is 9.29. The molecule has 0 spiro atoms. The molecule has 0 bridgehead atoms. The van der Waals surface area contributed by atoms with Crippen LogP contribution in [0, 0.1) is 13.8 Å². The fraction of sp³-hybridized carbons (Fsp3) is 0.118. The van der Waals surface area contributed by atoms with Gasteiger partial charge in [-0.05, 0) is 36.1 Å². The number of aryl methyl sites for hydroxylation is 1. The second-order valence-electron chi connectivity index (χ2n) is 4.29. The monoisotopic (exact) mass is 251 g/mol. The van der Waals surface area contributed by atoms with Crippen LogP contribution in [0.5, 0.6) is 0 Å². The predicted molar refractivity (Wildman–Crippen MR) is 77.9 cm³/mol. The first kappa shape index (κ1) is 13.1. The quantitative estimate of drug-likeness (QED) is 0.629. The first-order valence-corrected chi connectivity index (χ1v) is 6.23. The van der Waals surface area contributed by atoms with Gasteiger partial charge in [0.25, 0.3) is 0 Å². The normalized spacial score (nSPS) is 9.58. The molecule has 0 saturated heterocycles. The summed E-state index contributed by atoms with van der Waals surface area (Å²) in [7, 11) is 0. The lowest BCUT2D eigenvalue weighted by Crippen LogP contribution is -1.85.